The Morgan fingerprint density at radius 3 is 2.56 bits per heavy atom. The van der Waals surface area contributed by atoms with E-state index in [0.29, 0.717) is 6.42 Å². The molecule has 0 aliphatic rings. The highest BCUT2D eigenvalue weighted by molar-refractivity contribution is 9.10. The van der Waals surface area contributed by atoms with Crippen molar-refractivity contribution >= 4 is 21.6 Å². The molecule has 0 aliphatic carbocycles. The highest BCUT2D eigenvalue weighted by Crippen LogP contribution is 2.24. The topological polar surface area (TPSA) is 35.8 Å². The van der Waals surface area contributed by atoms with E-state index in [1.807, 2.05) is 54.6 Å². The van der Waals surface area contributed by atoms with Gasteiger partial charge < -0.3 is 5.32 Å². The molecule has 1 N–H and O–H groups in total. The summed E-state index contributed by atoms with van der Waals surface area (Å²) in [6.07, 6.45) is 0.441. The van der Waals surface area contributed by atoms with E-state index in [0.717, 1.165) is 15.7 Å². The van der Waals surface area contributed by atoms with Crippen LogP contribution in [-0.2, 0) is 0 Å². The van der Waals surface area contributed by atoms with Gasteiger partial charge in [0.15, 0.2) is 0 Å². The second-order valence-electron chi connectivity index (χ2n) is 3.98. The number of halogens is 1. The maximum Gasteiger partial charge on any atom is 0.0647 e. The van der Waals surface area contributed by atoms with Crippen molar-refractivity contribution in [3.8, 4) is 6.07 Å². The van der Waals surface area contributed by atoms with Crippen LogP contribution in [0.1, 0.15) is 18.0 Å². The molecule has 2 aromatic carbocycles. The molecule has 2 aromatic rings. The molecule has 2 rings (SSSR count). The van der Waals surface area contributed by atoms with Gasteiger partial charge in [-0.3, -0.25) is 0 Å². The third-order valence-electron chi connectivity index (χ3n) is 2.66. The van der Waals surface area contributed by atoms with Gasteiger partial charge in [0, 0.05) is 10.2 Å². The molecule has 0 fully saturated rings. The zero-order chi connectivity index (χ0) is 12.8. The Morgan fingerprint density at radius 1 is 1.11 bits per heavy atom. The van der Waals surface area contributed by atoms with Crippen LogP contribution in [0.15, 0.2) is 59.1 Å². The van der Waals surface area contributed by atoms with Gasteiger partial charge in [-0.25, -0.2) is 0 Å². The highest BCUT2D eigenvalue weighted by Gasteiger charge is 2.10. The van der Waals surface area contributed by atoms with Crippen LogP contribution in [0, 0.1) is 11.3 Å². The number of hydrogen-bond acceptors (Lipinski definition) is 2. The van der Waals surface area contributed by atoms with Crippen molar-refractivity contribution in [3.05, 3.63) is 64.6 Å². The molecule has 0 aliphatic heterocycles. The minimum Gasteiger partial charge on any atom is -0.377 e. The van der Waals surface area contributed by atoms with Gasteiger partial charge in [-0.15, -0.1) is 0 Å². The maximum atomic E-state index is 8.93. The maximum absolute atomic E-state index is 8.93. The lowest BCUT2D eigenvalue weighted by molar-refractivity contribution is 0.806. The first-order chi connectivity index (χ1) is 8.79. The highest BCUT2D eigenvalue weighted by atomic mass is 79.9. The minimum absolute atomic E-state index is 0.0190. The van der Waals surface area contributed by atoms with Crippen molar-refractivity contribution < 1.29 is 0 Å². The molecule has 18 heavy (non-hydrogen) atoms. The summed E-state index contributed by atoms with van der Waals surface area (Å²) in [5.41, 5.74) is 2.13. The Balaban J connectivity index is 2.20. The molecule has 1 atom stereocenters. The van der Waals surface area contributed by atoms with Crippen molar-refractivity contribution in [1.82, 2.24) is 0 Å². The van der Waals surface area contributed by atoms with Crippen LogP contribution in [-0.4, -0.2) is 0 Å². The van der Waals surface area contributed by atoms with E-state index in [-0.39, 0.29) is 6.04 Å². The predicted molar refractivity (Wildman–Crippen MR) is 77.2 cm³/mol. The average molecular weight is 301 g/mol. The van der Waals surface area contributed by atoms with E-state index in [4.69, 9.17) is 5.26 Å². The van der Waals surface area contributed by atoms with E-state index >= 15 is 0 Å². The van der Waals surface area contributed by atoms with Crippen molar-refractivity contribution in [2.45, 2.75) is 12.5 Å². The molecule has 3 heteroatoms. The molecule has 90 valence electrons. The summed E-state index contributed by atoms with van der Waals surface area (Å²) in [4.78, 5) is 0. The second-order valence-corrected chi connectivity index (χ2v) is 4.90. The molecule has 0 heterocycles. The number of nitrogens with one attached hydrogen (secondary N) is 1. The van der Waals surface area contributed by atoms with Crippen LogP contribution in [0.3, 0.4) is 0 Å². The quantitative estimate of drug-likeness (QED) is 0.901. The lowest BCUT2D eigenvalue weighted by Gasteiger charge is -2.17. The van der Waals surface area contributed by atoms with Gasteiger partial charge in [-0.2, -0.15) is 5.26 Å². The number of anilines is 1. The largest absolute Gasteiger partial charge is 0.377 e. The van der Waals surface area contributed by atoms with Gasteiger partial charge in [-0.05, 0) is 23.8 Å². The molecule has 0 radical (unpaired) electrons. The van der Waals surface area contributed by atoms with Crippen LogP contribution in [0.25, 0.3) is 0 Å². The standard InChI is InChI=1S/C15H13BrN2/c16-13-7-4-8-14(11-13)18-15(9-10-17)12-5-2-1-3-6-12/h1-8,11,15,18H,9H2. The van der Waals surface area contributed by atoms with Crippen LogP contribution >= 0.6 is 15.9 Å². The average Bonchev–Trinajstić information content (AvgIpc) is 2.39. The number of hydrogen-bond donors (Lipinski definition) is 1. The summed E-state index contributed by atoms with van der Waals surface area (Å²) in [5, 5.41) is 12.3. The Hall–Kier alpha value is -1.79. The molecule has 1 unspecified atom stereocenters. The Bertz CT molecular complexity index is 546. The van der Waals surface area contributed by atoms with E-state index < -0.39 is 0 Å². The molecule has 2 nitrogen and oxygen atoms in total. The summed E-state index contributed by atoms with van der Waals surface area (Å²) >= 11 is 3.44. The third kappa shape index (κ3) is 3.35. The van der Waals surface area contributed by atoms with Crippen LogP contribution in [0.2, 0.25) is 0 Å². The normalized spacial score (nSPS) is 11.6. The van der Waals surface area contributed by atoms with Gasteiger partial charge in [0.05, 0.1) is 18.5 Å². The molecule has 0 bridgehead atoms. The molecular formula is C15H13BrN2. The van der Waals surface area contributed by atoms with Crippen LogP contribution in [0.5, 0.6) is 0 Å². The Labute approximate surface area is 115 Å². The molecular weight excluding hydrogens is 288 g/mol. The van der Waals surface area contributed by atoms with Crippen LogP contribution in [0.4, 0.5) is 5.69 Å². The van der Waals surface area contributed by atoms with Crippen LogP contribution < -0.4 is 5.32 Å². The molecule has 0 saturated carbocycles. The SMILES string of the molecule is N#CCC(Nc1cccc(Br)c1)c1ccccc1. The monoisotopic (exact) mass is 300 g/mol. The van der Waals surface area contributed by atoms with Gasteiger partial charge in [-0.1, -0.05) is 52.3 Å². The third-order valence-corrected chi connectivity index (χ3v) is 3.16. The summed E-state index contributed by atoms with van der Waals surface area (Å²) in [6, 6.07) is 20.2. The molecule has 0 aromatic heterocycles. The zero-order valence-corrected chi connectivity index (χ0v) is 11.4. The fourth-order valence-electron chi connectivity index (χ4n) is 1.81. The van der Waals surface area contributed by atoms with Gasteiger partial charge >= 0.3 is 0 Å². The first-order valence-corrected chi connectivity index (χ1v) is 6.53. The first kappa shape index (κ1) is 12.7. The summed E-state index contributed by atoms with van der Waals surface area (Å²) < 4.78 is 1.02. The molecule has 0 spiro atoms. The lowest BCUT2D eigenvalue weighted by atomic mass is 10.0. The predicted octanol–water partition coefficient (Wildman–Crippen LogP) is 4.52. The minimum atomic E-state index is 0.0190. The van der Waals surface area contributed by atoms with Crippen molar-refractivity contribution in [3.63, 3.8) is 0 Å². The van der Waals surface area contributed by atoms with Crippen molar-refractivity contribution in [2.75, 3.05) is 5.32 Å². The zero-order valence-electron chi connectivity index (χ0n) is 9.81. The van der Waals surface area contributed by atoms with Gasteiger partial charge in [0.2, 0.25) is 0 Å². The fourth-order valence-corrected chi connectivity index (χ4v) is 2.21. The molecule has 0 amide bonds. The Kier molecular flexibility index (Phi) is 4.38. The smallest absolute Gasteiger partial charge is 0.0647 e. The Morgan fingerprint density at radius 2 is 1.89 bits per heavy atom. The summed E-state index contributed by atoms with van der Waals surface area (Å²) in [6.45, 7) is 0. The van der Waals surface area contributed by atoms with E-state index in [1.54, 1.807) is 0 Å². The lowest BCUT2D eigenvalue weighted by Crippen LogP contribution is -2.09. The summed E-state index contributed by atoms with van der Waals surface area (Å²) in [7, 11) is 0. The number of rotatable bonds is 4. The fraction of sp³-hybridized carbons (Fsp3) is 0.133. The van der Waals surface area contributed by atoms with E-state index in [2.05, 4.69) is 27.3 Å². The number of nitrogens with zero attached hydrogens (tertiary/aromatic N) is 1. The molecule has 0 saturated heterocycles. The van der Waals surface area contributed by atoms with E-state index in [9.17, 15) is 0 Å². The van der Waals surface area contributed by atoms with Crippen molar-refractivity contribution in [1.29, 1.82) is 5.26 Å². The van der Waals surface area contributed by atoms with Crippen molar-refractivity contribution in [2.24, 2.45) is 0 Å². The number of benzene rings is 2. The second kappa shape index (κ2) is 6.23. The number of nitriles is 1. The van der Waals surface area contributed by atoms with Gasteiger partial charge in [0.25, 0.3) is 0 Å². The first-order valence-electron chi connectivity index (χ1n) is 5.73. The summed E-state index contributed by atoms with van der Waals surface area (Å²) in [5.74, 6) is 0. The van der Waals surface area contributed by atoms with Gasteiger partial charge in [0.1, 0.15) is 0 Å². The van der Waals surface area contributed by atoms with E-state index in [1.165, 1.54) is 0 Å².